The summed E-state index contributed by atoms with van der Waals surface area (Å²) in [4.78, 5) is 27.0. The SMILES string of the molecule is CC.CCN(SNC1CC1)c1cccc(Oc2c(C(=O)NC3CC3)c(Nc3ccc(C)cc3F)n(C)c(=O)c2C)c1Cl. The number of anilines is 3. The van der Waals surface area contributed by atoms with E-state index in [2.05, 4.69) is 15.4 Å². The van der Waals surface area contributed by atoms with Gasteiger partial charge >= 0.3 is 0 Å². The van der Waals surface area contributed by atoms with Crippen molar-refractivity contribution in [2.75, 3.05) is 16.2 Å². The summed E-state index contributed by atoms with van der Waals surface area (Å²) in [5, 5.41) is 6.32. The standard InChI is InChI=1S/C29H33ClFN5O3S.C2H6/c1-5-36(40-34-19-12-13-19)22-7-6-8-23(25(22)30)39-26-17(3)29(38)35(4)27(24(26)28(37)32-18-10-11-18)33-21-14-9-16(2)15-20(21)31;1-2/h6-9,14-15,18-19,33-34H,5,10-13H2,1-4H3,(H,32,37);1-2H3. The van der Waals surface area contributed by atoms with Gasteiger partial charge in [-0.25, -0.2) is 9.11 Å². The third-order valence-electron chi connectivity index (χ3n) is 6.90. The highest BCUT2D eigenvalue weighted by atomic mass is 35.5. The van der Waals surface area contributed by atoms with E-state index >= 15 is 0 Å². The van der Waals surface area contributed by atoms with Gasteiger partial charge in [-0.05, 0) is 76.3 Å². The summed E-state index contributed by atoms with van der Waals surface area (Å²) in [6.45, 7) is 10.1. The molecule has 0 radical (unpaired) electrons. The van der Waals surface area contributed by atoms with Crippen molar-refractivity contribution < 1.29 is 13.9 Å². The van der Waals surface area contributed by atoms with Gasteiger partial charge in [0.1, 0.15) is 28.0 Å². The number of nitrogens with one attached hydrogen (secondary N) is 3. The van der Waals surface area contributed by atoms with Crippen LogP contribution in [0.1, 0.15) is 67.9 Å². The second-order valence-corrected chi connectivity index (χ2v) is 11.5. The molecule has 3 aromatic rings. The summed E-state index contributed by atoms with van der Waals surface area (Å²) in [5.74, 6) is -0.427. The highest BCUT2D eigenvalue weighted by Crippen LogP contribution is 2.42. The van der Waals surface area contributed by atoms with E-state index in [1.54, 1.807) is 32.0 Å². The van der Waals surface area contributed by atoms with Gasteiger partial charge in [-0.3, -0.25) is 14.2 Å². The molecule has 8 nitrogen and oxygen atoms in total. The molecule has 2 saturated carbocycles. The van der Waals surface area contributed by atoms with Crippen molar-refractivity contribution in [1.82, 2.24) is 14.6 Å². The molecule has 2 aliphatic carbocycles. The third-order valence-corrected chi connectivity index (χ3v) is 8.39. The van der Waals surface area contributed by atoms with Gasteiger partial charge in [0.15, 0.2) is 5.75 Å². The van der Waals surface area contributed by atoms with Gasteiger partial charge in [0.05, 0.1) is 16.9 Å². The summed E-state index contributed by atoms with van der Waals surface area (Å²) in [5.41, 5.74) is 1.57. The summed E-state index contributed by atoms with van der Waals surface area (Å²) >= 11 is 8.35. The average Bonchev–Trinajstić information content (AvgIpc) is 3.91. The minimum Gasteiger partial charge on any atom is -0.454 e. The highest BCUT2D eigenvalue weighted by molar-refractivity contribution is 7.98. The number of carbonyl (C=O) groups is 1. The maximum atomic E-state index is 14.9. The Morgan fingerprint density at radius 1 is 1.14 bits per heavy atom. The first-order valence-corrected chi connectivity index (χ1v) is 15.6. The van der Waals surface area contributed by atoms with Gasteiger partial charge in [0, 0.05) is 37.8 Å². The molecule has 2 aromatic carbocycles. The number of amides is 1. The van der Waals surface area contributed by atoms with E-state index in [4.69, 9.17) is 16.3 Å². The van der Waals surface area contributed by atoms with Gasteiger partial charge in [-0.15, -0.1) is 0 Å². The van der Waals surface area contributed by atoms with E-state index in [1.807, 2.05) is 37.2 Å². The molecule has 0 spiro atoms. The monoisotopic (exact) mass is 615 g/mol. The zero-order valence-corrected chi connectivity index (χ0v) is 26.5. The Morgan fingerprint density at radius 3 is 2.45 bits per heavy atom. The van der Waals surface area contributed by atoms with E-state index in [1.165, 1.54) is 29.8 Å². The van der Waals surface area contributed by atoms with Gasteiger partial charge in [0.2, 0.25) is 0 Å². The molecule has 0 bridgehead atoms. The average molecular weight is 616 g/mol. The molecule has 5 rings (SSSR count). The van der Waals surface area contributed by atoms with Gasteiger partial charge < -0.3 is 19.7 Å². The number of ether oxygens (including phenoxy) is 1. The molecule has 0 aliphatic heterocycles. The second-order valence-electron chi connectivity index (χ2n) is 10.3. The summed E-state index contributed by atoms with van der Waals surface area (Å²) in [7, 11) is 1.54. The molecular weight excluding hydrogens is 577 g/mol. The molecule has 1 heterocycles. The van der Waals surface area contributed by atoms with E-state index in [0.29, 0.717) is 23.4 Å². The van der Waals surface area contributed by atoms with Crippen LogP contribution in [0, 0.1) is 19.7 Å². The van der Waals surface area contributed by atoms with Crippen molar-refractivity contribution in [1.29, 1.82) is 0 Å². The lowest BCUT2D eigenvalue weighted by Gasteiger charge is -2.25. The van der Waals surface area contributed by atoms with Crippen molar-refractivity contribution in [2.24, 2.45) is 7.05 Å². The first-order valence-electron chi connectivity index (χ1n) is 14.4. The van der Waals surface area contributed by atoms with Crippen LogP contribution in [-0.4, -0.2) is 29.1 Å². The van der Waals surface area contributed by atoms with Crippen LogP contribution >= 0.6 is 23.7 Å². The fourth-order valence-electron chi connectivity index (χ4n) is 4.24. The van der Waals surface area contributed by atoms with Crippen molar-refractivity contribution >= 4 is 46.8 Å². The Morgan fingerprint density at radius 2 is 1.83 bits per heavy atom. The molecule has 2 fully saturated rings. The quantitative estimate of drug-likeness (QED) is 0.194. The number of rotatable bonds is 11. The maximum absolute atomic E-state index is 14.9. The normalized spacial score (nSPS) is 14.1. The van der Waals surface area contributed by atoms with Crippen LogP contribution in [0.5, 0.6) is 11.5 Å². The Bertz CT molecular complexity index is 1510. The van der Waals surface area contributed by atoms with E-state index in [-0.39, 0.29) is 40.0 Å². The predicted molar refractivity (Wildman–Crippen MR) is 171 cm³/mol. The van der Waals surface area contributed by atoms with E-state index < -0.39 is 11.7 Å². The number of aryl methyl sites for hydroxylation is 1. The van der Waals surface area contributed by atoms with Gasteiger partial charge in [-0.2, -0.15) is 0 Å². The molecule has 3 N–H and O–H groups in total. The summed E-state index contributed by atoms with van der Waals surface area (Å²) in [6.07, 6.45) is 4.04. The Labute approximate surface area is 256 Å². The fourth-order valence-corrected chi connectivity index (χ4v) is 5.44. The highest BCUT2D eigenvalue weighted by Gasteiger charge is 2.31. The third kappa shape index (κ3) is 7.22. The molecule has 1 amide bonds. The number of aromatic nitrogens is 1. The lowest BCUT2D eigenvalue weighted by atomic mass is 10.1. The van der Waals surface area contributed by atoms with Crippen LogP contribution in [0.25, 0.3) is 0 Å². The lowest BCUT2D eigenvalue weighted by molar-refractivity contribution is 0.0948. The number of pyridine rings is 1. The first-order chi connectivity index (χ1) is 20.2. The molecule has 0 unspecified atom stereocenters. The van der Waals surface area contributed by atoms with Crippen LogP contribution in [0.15, 0.2) is 41.2 Å². The van der Waals surface area contributed by atoms with Crippen molar-refractivity contribution in [3.05, 3.63) is 74.3 Å². The van der Waals surface area contributed by atoms with E-state index in [0.717, 1.165) is 36.9 Å². The molecule has 2 aliphatic rings. The second kappa shape index (κ2) is 13.8. The number of benzene rings is 2. The van der Waals surface area contributed by atoms with Crippen molar-refractivity contribution in [3.8, 4) is 11.5 Å². The Hall–Kier alpha value is -3.21. The lowest BCUT2D eigenvalue weighted by Crippen LogP contribution is -2.31. The molecule has 1 aromatic heterocycles. The summed E-state index contributed by atoms with van der Waals surface area (Å²) in [6, 6.07) is 10.7. The largest absolute Gasteiger partial charge is 0.454 e. The molecule has 0 atom stereocenters. The smallest absolute Gasteiger partial charge is 0.259 e. The molecule has 226 valence electrons. The fraction of sp³-hybridized carbons (Fsp3) is 0.419. The zero-order chi connectivity index (χ0) is 30.6. The maximum Gasteiger partial charge on any atom is 0.259 e. The minimum atomic E-state index is -0.503. The van der Waals surface area contributed by atoms with Gasteiger partial charge in [0.25, 0.3) is 11.5 Å². The molecule has 0 saturated heterocycles. The number of carbonyl (C=O) groups excluding carboxylic acids is 1. The number of hydrogen-bond donors (Lipinski definition) is 3. The van der Waals surface area contributed by atoms with Crippen LogP contribution in [0.4, 0.5) is 21.6 Å². The number of halogens is 2. The molecular formula is C31H39ClFN5O3S. The van der Waals surface area contributed by atoms with Crippen LogP contribution in [0.2, 0.25) is 5.02 Å². The molecule has 42 heavy (non-hydrogen) atoms. The Balaban J connectivity index is 0.00000198. The van der Waals surface area contributed by atoms with Crippen molar-refractivity contribution in [2.45, 2.75) is 72.4 Å². The summed E-state index contributed by atoms with van der Waals surface area (Å²) < 4.78 is 27.9. The molecule has 11 heteroatoms. The van der Waals surface area contributed by atoms with Crippen LogP contribution in [0.3, 0.4) is 0 Å². The van der Waals surface area contributed by atoms with Crippen LogP contribution < -0.4 is 30.0 Å². The Kier molecular flexibility index (Phi) is 10.5. The number of nitrogens with zero attached hydrogens (tertiary/aromatic N) is 2. The van der Waals surface area contributed by atoms with E-state index in [9.17, 15) is 14.0 Å². The van der Waals surface area contributed by atoms with Crippen LogP contribution in [-0.2, 0) is 7.05 Å². The first kappa shape index (κ1) is 31.7. The minimum absolute atomic E-state index is 0.0443. The van der Waals surface area contributed by atoms with Crippen molar-refractivity contribution in [3.63, 3.8) is 0 Å². The van der Waals surface area contributed by atoms with Gasteiger partial charge in [-0.1, -0.05) is 37.6 Å². The number of hydrogen-bond acceptors (Lipinski definition) is 7. The zero-order valence-electron chi connectivity index (χ0n) is 24.9. The predicted octanol–water partition coefficient (Wildman–Crippen LogP) is 7.39. The topological polar surface area (TPSA) is 87.6 Å².